The van der Waals surface area contributed by atoms with Crippen molar-refractivity contribution in [3.8, 4) is 0 Å². The summed E-state index contributed by atoms with van der Waals surface area (Å²) in [4.78, 5) is 16.2. The van der Waals surface area contributed by atoms with Gasteiger partial charge in [0.25, 0.3) is 0 Å². The van der Waals surface area contributed by atoms with Crippen LogP contribution in [0.4, 0.5) is 4.39 Å². The average molecular weight is 368 g/mol. The predicted molar refractivity (Wildman–Crippen MR) is 85.3 cm³/mol. The maximum Gasteiger partial charge on any atom is 0.239 e. The lowest BCUT2D eigenvalue weighted by molar-refractivity contribution is -0.126. The number of aryl methyl sites for hydroxylation is 1. The first kappa shape index (κ1) is 17.5. The number of hydrogen-bond acceptors (Lipinski definition) is 6. The molecule has 0 radical (unpaired) electrons. The van der Waals surface area contributed by atoms with E-state index in [4.69, 9.17) is 4.52 Å². The highest BCUT2D eigenvalue weighted by Gasteiger charge is 2.38. The van der Waals surface area contributed by atoms with Crippen molar-refractivity contribution in [3.63, 3.8) is 0 Å². The molecule has 8 nitrogen and oxygen atoms in total. The van der Waals surface area contributed by atoms with E-state index in [9.17, 15) is 17.6 Å². The molecule has 0 spiro atoms. The second-order valence-electron chi connectivity index (χ2n) is 5.74. The summed E-state index contributed by atoms with van der Waals surface area (Å²) in [5, 5.41) is 6.30. The molecule has 0 saturated carbocycles. The number of hydrogen-bond donors (Lipinski definition) is 1. The highest BCUT2D eigenvalue weighted by Crippen LogP contribution is 2.19. The van der Waals surface area contributed by atoms with Gasteiger partial charge < -0.3 is 9.84 Å². The van der Waals surface area contributed by atoms with Crippen molar-refractivity contribution < 1.29 is 22.1 Å². The number of rotatable bonds is 5. The van der Waals surface area contributed by atoms with E-state index in [0.29, 0.717) is 11.4 Å². The molecule has 3 rings (SSSR count). The molecule has 2 aromatic rings. The molecule has 134 valence electrons. The summed E-state index contributed by atoms with van der Waals surface area (Å²) in [7, 11) is -3.78. The van der Waals surface area contributed by atoms with E-state index in [1.165, 1.54) is 24.3 Å². The van der Waals surface area contributed by atoms with Crippen LogP contribution in [-0.4, -0.2) is 47.9 Å². The van der Waals surface area contributed by atoms with Crippen LogP contribution in [0.15, 0.2) is 28.8 Å². The Bertz CT molecular complexity index is 866. The Hall–Kier alpha value is -2.33. The van der Waals surface area contributed by atoms with E-state index in [-0.39, 0.29) is 31.2 Å². The fourth-order valence-electron chi connectivity index (χ4n) is 2.68. The van der Waals surface area contributed by atoms with E-state index in [1.807, 2.05) is 0 Å². The molecule has 1 atom stereocenters. The first-order chi connectivity index (χ1) is 11.8. The standard InChI is InChI=1S/C15H17FN4O4S/c1-10-18-14(24-19-10)8-13-15(21)17-6-7-20(13)25(22,23)9-11-2-4-12(16)5-3-11/h2-5,13H,6-9H2,1H3,(H,17,21). The molecule has 1 aromatic carbocycles. The van der Waals surface area contributed by atoms with Crippen LogP contribution < -0.4 is 5.32 Å². The first-order valence-corrected chi connectivity index (χ1v) is 9.27. The minimum atomic E-state index is -3.78. The highest BCUT2D eigenvalue weighted by atomic mass is 32.2. The molecule has 25 heavy (non-hydrogen) atoms. The molecular formula is C15H17FN4O4S. The van der Waals surface area contributed by atoms with E-state index >= 15 is 0 Å². The number of benzene rings is 1. The Morgan fingerprint density at radius 3 is 2.72 bits per heavy atom. The van der Waals surface area contributed by atoms with Gasteiger partial charge in [0.2, 0.25) is 21.8 Å². The van der Waals surface area contributed by atoms with Crippen LogP contribution >= 0.6 is 0 Å². The van der Waals surface area contributed by atoms with Crippen LogP contribution in [0.3, 0.4) is 0 Å². The van der Waals surface area contributed by atoms with Crippen LogP contribution in [0.25, 0.3) is 0 Å². The second kappa shape index (κ2) is 6.89. The van der Waals surface area contributed by atoms with Crippen molar-refractivity contribution >= 4 is 15.9 Å². The Balaban J connectivity index is 1.83. The smallest absolute Gasteiger partial charge is 0.239 e. The summed E-state index contributed by atoms with van der Waals surface area (Å²) in [6.07, 6.45) is -0.00464. The summed E-state index contributed by atoms with van der Waals surface area (Å²) in [5.74, 6) is -0.568. The molecule has 2 heterocycles. The monoisotopic (exact) mass is 368 g/mol. The molecule has 1 saturated heterocycles. The Morgan fingerprint density at radius 1 is 1.36 bits per heavy atom. The maximum absolute atomic E-state index is 13.0. The molecule has 1 fully saturated rings. The number of nitrogens with zero attached hydrogens (tertiary/aromatic N) is 3. The first-order valence-electron chi connectivity index (χ1n) is 7.66. The van der Waals surface area contributed by atoms with Gasteiger partial charge in [-0.15, -0.1) is 0 Å². The topological polar surface area (TPSA) is 105 Å². The minimum Gasteiger partial charge on any atom is -0.353 e. The average Bonchev–Trinajstić information content (AvgIpc) is 2.96. The van der Waals surface area contributed by atoms with Crippen LogP contribution in [0.5, 0.6) is 0 Å². The van der Waals surface area contributed by atoms with Crippen molar-refractivity contribution in [3.05, 3.63) is 47.4 Å². The summed E-state index contributed by atoms with van der Waals surface area (Å²) >= 11 is 0. The molecule has 0 aliphatic carbocycles. The second-order valence-corrected chi connectivity index (χ2v) is 7.66. The fraction of sp³-hybridized carbons (Fsp3) is 0.400. The lowest BCUT2D eigenvalue weighted by Crippen LogP contribution is -2.58. The van der Waals surface area contributed by atoms with Gasteiger partial charge in [0.05, 0.1) is 12.2 Å². The number of aromatic nitrogens is 2. The van der Waals surface area contributed by atoms with Gasteiger partial charge in [-0.1, -0.05) is 17.3 Å². The SMILES string of the molecule is Cc1noc(CC2C(=O)NCCN2S(=O)(=O)Cc2ccc(F)cc2)n1. The lowest BCUT2D eigenvalue weighted by Gasteiger charge is -2.33. The van der Waals surface area contributed by atoms with Gasteiger partial charge in [-0.05, 0) is 24.6 Å². The van der Waals surface area contributed by atoms with Crippen LogP contribution in [0.1, 0.15) is 17.3 Å². The van der Waals surface area contributed by atoms with Gasteiger partial charge in [-0.2, -0.15) is 9.29 Å². The molecule has 1 unspecified atom stereocenters. The van der Waals surface area contributed by atoms with Crippen molar-refractivity contribution in [2.24, 2.45) is 0 Å². The minimum absolute atomic E-state index is 0.00464. The quantitative estimate of drug-likeness (QED) is 0.818. The Kier molecular flexibility index (Phi) is 4.82. The summed E-state index contributed by atoms with van der Waals surface area (Å²) in [6.45, 7) is 2.00. The molecular weight excluding hydrogens is 351 g/mol. The van der Waals surface area contributed by atoms with Crippen molar-refractivity contribution in [1.29, 1.82) is 0 Å². The number of piperazine rings is 1. The van der Waals surface area contributed by atoms with Crippen molar-refractivity contribution in [2.75, 3.05) is 13.1 Å². The number of halogens is 1. The number of sulfonamides is 1. The van der Waals surface area contributed by atoms with E-state index in [0.717, 1.165) is 4.31 Å². The highest BCUT2D eigenvalue weighted by molar-refractivity contribution is 7.88. The zero-order valence-corrected chi connectivity index (χ0v) is 14.3. The van der Waals surface area contributed by atoms with Crippen molar-refractivity contribution in [1.82, 2.24) is 19.8 Å². The molecule has 1 aromatic heterocycles. The molecule has 1 aliphatic heterocycles. The molecule has 10 heteroatoms. The van der Waals surface area contributed by atoms with Gasteiger partial charge in [0, 0.05) is 13.1 Å². The zero-order valence-electron chi connectivity index (χ0n) is 13.5. The van der Waals surface area contributed by atoms with Crippen LogP contribution in [0.2, 0.25) is 0 Å². The van der Waals surface area contributed by atoms with E-state index in [1.54, 1.807) is 6.92 Å². The fourth-order valence-corrected chi connectivity index (χ4v) is 4.39. The molecule has 0 bridgehead atoms. The zero-order chi connectivity index (χ0) is 18.0. The number of carbonyl (C=O) groups excluding carboxylic acids is 1. The van der Waals surface area contributed by atoms with Gasteiger partial charge in [0.15, 0.2) is 5.82 Å². The van der Waals surface area contributed by atoms with E-state index in [2.05, 4.69) is 15.5 Å². The third kappa shape index (κ3) is 4.02. The van der Waals surface area contributed by atoms with Crippen LogP contribution in [-0.2, 0) is 27.0 Å². The molecule has 1 aliphatic rings. The summed E-state index contributed by atoms with van der Waals surface area (Å²) in [5.41, 5.74) is 0.444. The predicted octanol–water partition coefficient (Wildman–Crippen LogP) is 0.390. The third-order valence-corrected chi connectivity index (χ3v) is 5.69. The van der Waals surface area contributed by atoms with Crippen molar-refractivity contribution in [2.45, 2.75) is 25.1 Å². The van der Waals surface area contributed by atoms with Crippen LogP contribution in [0, 0.1) is 12.7 Å². The third-order valence-electron chi connectivity index (χ3n) is 3.84. The lowest BCUT2D eigenvalue weighted by atomic mass is 10.1. The number of nitrogens with one attached hydrogen (secondary N) is 1. The van der Waals surface area contributed by atoms with Gasteiger partial charge >= 0.3 is 0 Å². The normalized spacial score (nSPS) is 19.0. The van der Waals surface area contributed by atoms with Gasteiger partial charge in [0.1, 0.15) is 11.9 Å². The van der Waals surface area contributed by atoms with Gasteiger partial charge in [-0.3, -0.25) is 4.79 Å². The molecule has 1 N–H and O–H groups in total. The largest absolute Gasteiger partial charge is 0.353 e. The van der Waals surface area contributed by atoms with Gasteiger partial charge in [-0.25, -0.2) is 12.8 Å². The number of amides is 1. The number of carbonyl (C=O) groups is 1. The Labute approximate surface area is 144 Å². The summed E-state index contributed by atoms with van der Waals surface area (Å²) in [6, 6.07) is 4.26. The summed E-state index contributed by atoms with van der Waals surface area (Å²) < 4.78 is 44.7. The maximum atomic E-state index is 13.0. The van der Waals surface area contributed by atoms with E-state index < -0.39 is 27.8 Å². The Morgan fingerprint density at radius 2 is 2.08 bits per heavy atom. The molecule has 1 amide bonds.